The zero-order chi connectivity index (χ0) is 35.7. The predicted octanol–water partition coefficient (Wildman–Crippen LogP) is -3.59. The summed E-state index contributed by atoms with van der Waals surface area (Å²) in [7, 11) is -9.89. The summed E-state index contributed by atoms with van der Waals surface area (Å²) in [6.07, 6.45) is 3.60. The number of nitrogens with one attached hydrogen (secondary N) is 1. The van der Waals surface area contributed by atoms with Crippen molar-refractivity contribution in [3.63, 3.8) is 0 Å². The molecule has 15 nitrogen and oxygen atoms in total. The Bertz CT molecular complexity index is 1500. The summed E-state index contributed by atoms with van der Waals surface area (Å²) < 4.78 is 67.9. The molecule has 0 atom stereocenters. The van der Waals surface area contributed by atoms with Gasteiger partial charge in [-0.05, 0) is 24.3 Å². The second-order valence-corrected chi connectivity index (χ2v) is 13.0. The Hall–Kier alpha value is -2.66. The van der Waals surface area contributed by atoms with Gasteiger partial charge >= 0.3 is 19.5 Å². The van der Waals surface area contributed by atoms with Gasteiger partial charge in [-0.3, -0.25) is 19.7 Å². The molecule has 5 rings (SSSR count). The Morgan fingerprint density at radius 3 is 1.71 bits per heavy atom. The average molecular weight is 779 g/mol. The van der Waals surface area contributed by atoms with E-state index >= 15 is 0 Å². The largest absolute Gasteiger partial charge is 2.00 e. The zero-order valence-electron chi connectivity index (χ0n) is 26.7. The van der Waals surface area contributed by atoms with Crippen LogP contribution in [0.5, 0.6) is 0 Å². The molecular weight excluding hydrogens is 745 g/mol. The van der Waals surface area contributed by atoms with E-state index in [-0.39, 0.29) is 25.4 Å². The van der Waals surface area contributed by atoms with E-state index in [1.54, 1.807) is 18.5 Å². The number of halogens is 2. The minimum absolute atomic E-state index is 0. The second kappa shape index (κ2) is 22.1. The van der Waals surface area contributed by atoms with Crippen molar-refractivity contribution >= 4 is 45.3 Å². The quantitative estimate of drug-likeness (QED) is 0.155. The molecule has 1 aromatic carbocycles. The second-order valence-electron chi connectivity index (χ2n) is 10.3. The molecule has 1 aliphatic heterocycles. The zero-order valence-corrected chi connectivity index (χ0v) is 32.0. The third-order valence-corrected chi connectivity index (χ3v) is 6.51. The minimum atomic E-state index is -4.94. The normalized spacial score (nSPS) is 12.9. The Morgan fingerprint density at radius 2 is 1.29 bits per heavy atom. The summed E-state index contributed by atoms with van der Waals surface area (Å²) in [4.78, 5) is 27.6. The van der Waals surface area contributed by atoms with Crippen LogP contribution < -0.4 is 42.6 Å². The minimum Gasteiger partial charge on any atom is -0.310 e. The molecule has 0 saturated carbocycles. The van der Waals surface area contributed by atoms with Gasteiger partial charge in [-0.2, -0.15) is 17.0 Å². The number of anilines is 1. The van der Waals surface area contributed by atoms with Crippen molar-refractivity contribution in [3.05, 3.63) is 72.7 Å². The van der Waals surface area contributed by atoms with E-state index in [0.29, 0.717) is 5.82 Å². The number of amides is 1. The summed E-state index contributed by atoms with van der Waals surface area (Å²) in [6.45, 7) is 10.2. The molecule has 0 aliphatic carbocycles. The number of hydrogen-bond acceptors (Lipinski definition) is 15. The summed E-state index contributed by atoms with van der Waals surface area (Å²) in [5.41, 5.74) is 2.57. The molecule has 4 heterocycles. The van der Waals surface area contributed by atoms with E-state index < -0.39 is 25.9 Å². The first-order valence-corrected chi connectivity index (χ1v) is 17.1. The first kappa shape index (κ1) is 45.3. The molecule has 19 heteroatoms. The van der Waals surface area contributed by atoms with Crippen molar-refractivity contribution in [2.24, 2.45) is 5.41 Å². The van der Waals surface area contributed by atoms with Crippen LogP contribution in [0.15, 0.2) is 67.0 Å². The van der Waals surface area contributed by atoms with E-state index in [9.17, 15) is 4.79 Å². The van der Waals surface area contributed by atoms with Gasteiger partial charge in [0, 0.05) is 66.6 Å². The molecule has 1 saturated heterocycles. The monoisotopic (exact) mass is 776 g/mol. The Morgan fingerprint density at radius 1 is 0.854 bits per heavy atom. The van der Waals surface area contributed by atoms with Crippen molar-refractivity contribution in [2.45, 2.75) is 34.2 Å². The van der Waals surface area contributed by atoms with E-state index in [0.717, 1.165) is 47.1 Å². The van der Waals surface area contributed by atoms with Crippen LogP contribution in [-0.2, 0) is 30.8 Å². The number of benzene rings is 1. The van der Waals surface area contributed by atoms with Crippen molar-refractivity contribution in [3.8, 4) is 6.07 Å². The first-order valence-electron chi connectivity index (χ1n) is 13.5. The fourth-order valence-corrected chi connectivity index (χ4v) is 4.59. The smallest absolute Gasteiger partial charge is 0.310 e. The van der Waals surface area contributed by atoms with Crippen LogP contribution in [0.4, 0.5) is 5.82 Å². The number of pyridine rings is 3. The van der Waals surface area contributed by atoms with Crippen molar-refractivity contribution in [1.29, 1.82) is 5.26 Å². The van der Waals surface area contributed by atoms with Crippen LogP contribution in [0.25, 0.3) is 21.8 Å². The fourth-order valence-electron chi connectivity index (χ4n) is 3.61. The van der Waals surface area contributed by atoms with Crippen LogP contribution in [0.1, 0.15) is 33.4 Å². The number of fused-ring (bicyclic) bond motifs is 3. The standard InChI is InChI=1S/C15H23N3OS.C12H8N2.C2H3N.2ClHO4.Zn/c1-15(2,3)14(19)17-13-6-4-5-12(16-13)11-18-7-9-20-10-8-18;1-3-9-5-6-10-4-2-8-14-12(10)11(9)13-7-1;1-2-3;2*2-1(3,4)5;/h4-6H,7-11H2,1-3H3,(H,16,17,19);1-8H;1H3;2*(H,2,3,4,5);/q;;;;;+2/p-2. The number of rotatable bonds is 3. The summed E-state index contributed by atoms with van der Waals surface area (Å²) in [5.74, 6) is 3.03. The molecule has 1 fully saturated rings. The third-order valence-electron chi connectivity index (χ3n) is 5.56. The van der Waals surface area contributed by atoms with Gasteiger partial charge in [0.15, 0.2) is 0 Å². The summed E-state index contributed by atoms with van der Waals surface area (Å²) >= 11 is 2.00. The number of carbonyl (C=O) groups excluding carboxylic acids is 1. The third kappa shape index (κ3) is 21.3. The maximum Gasteiger partial charge on any atom is 2.00 e. The number of hydrogen-bond donors (Lipinski definition) is 1. The molecule has 0 unspecified atom stereocenters. The fraction of sp³-hybridized carbons (Fsp3) is 0.345. The Balaban J connectivity index is 0.000000682. The van der Waals surface area contributed by atoms with Crippen molar-refractivity contribution < 1.29 is 82.0 Å². The molecule has 0 radical (unpaired) electrons. The van der Waals surface area contributed by atoms with E-state index in [1.165, 1.54) is 18.4 Å². The van der Waals surface area contributed by atoms with Gasteiger partial charge in [0.05, 0.1) is 22.8 Å². The van der Waals surface area contributed by atoms with Gasteiger partial charge in [-0.15, -0.1) is 20.5 Å². The van der Waals surface area contributed by atoms with Gasteiger partial charge in [0.1, 0.15) is 5.82 Å². The van der Waals surface area contributed by atoms with E-state index in [2.05, 4.69) is 49.4 Å². The van der Waals surface area contributed by atoms with Crippen LogP contribution in [0.2, 0.25) is 0 Å². The molecule has 1 amide bonds. The van der Waals surface area contributed by atoms with Gasteiger partial charge in [0.25, 0.3) is 0 Å². The van der Waals surface area contributed by atoms with E-state index in [1.807, 2.05) is 62.9 Å². The Labute approximate surface area is 299 Å². The molecular formula is C29H34Cl2N6O9SZn. The van der Waals surface area contributed by atoms with Gasteiger partial charge < -0.3 is 5.32 Å². The van der Waals surface area contributed by atoms with Crippen LogP contribution in [0.3, 0.4) is 0 Å². The van der Waals surface area contributed by atoms with Crippen molar-refractivity contribution in [1.82, 2.24) is 19.9 Å². The molecule has 1 aliphatic rings. The van der Waals surface area contributed by atoms with Crippen LogP contribution in [-0.4, -0.2) is 50.4 Å². The number of carbonyl (C=O) groups is 1. The molecule has 48 heavy (non-hydrogen) atoms. The molecule has 1 N–H and O–H groups in total. The van der Waals surface area contributed by atoms with Gasteiger partial charge in [-0.25, -0.2) is 42.3 Å². The molecule has 256 valence electrons. The number of nitriles is 1. The SMILES string of the molecule is CC#N.CC(C)(C)C(=O)Nc1cccc(CN2CCSCC2)n1.[O-][Cl+3]([O-])([O-])[O-].[O-][Cl+3]([O-])([O-])[O-].[Zn+2].c1cnc2c(c1)ccc1cccnc12. The molecule has 0 bridgehead atoms. The van der Waals surface area contributed by atoms with Crippen LogP contribution in [0, 0.1) is 37.2 Å². The molecule has 3 aromatic heterocycles. The van der Waals surface area contributed by atoms with Crippen molar-refractivity contribution in [2.75, 3.05) is 29.9 Å². The van der Waals surface area contributed by atoms with Crippen LogP contribution >= 0.6 is 11.8 Å². The number of nitrogens with zero attached hydrogens (tertiary/aromatic N) is 5. The molecule has 0 spiro atoms. The molecule has 4 aromatic rings. The number of aromatic nitrogens is 3. The Kier molecular flexibility index (Phi) is 20.9. The van der Waals surface area contributed by atoms with E-state index in [4.69, 9.17) is 42.5 Å². The predicted molar refractivity (Wildman–Crippen MR) is 153 cm³/mol. The summed E-state index contributed by atoms with van der Waals surface area (Å²) in [5, 5.41) is 12.5. The summed E-state index contributed by atoms with van der Waals surface area (Å²) in [6, 6.07) is 19.7. The first-order chi connectivity index (χ1) is 21.8. The topological polar surface area (TPSA) is 279 Å². The maximum atomic E-state index is 12.0. The number of thioether (sulfide) groups is 1. The maximum absolute atomic E-state index is 12.0. The average Bonchev–Trinajstić information content (AvgIpc) is 2.96. The van der Waals surface area contributed by atoms with Gasteiger partial charge in [-0.1, -0.05) is 51.1 Å². The van der Waals surface area contributed by atoms with Gasteiger partial charge in [0.2, 0.25) is 5.91 Å².